The number of hydrogen-bond acceptors (Lipinski definition) is 7. The fraction of sp³-hybridized carbons (Fsp3) is 0.263. The first kappa shape index (κ1) is 18.9. The molecule has 0 bridgehead atoms. The van der Waals surface area contributed by atoms with Gasteiger partial charge in [-0.3, -0.25) is 9.36 Å². The van der Waals surface area contributed by atoms with Gasteiger partial charge in [-0.2, -0.15) is 0 Å². The Hall–Kier alpha value is -2.87. The van der Waals surface area contributed by atoms with Crippen LogP contribution in [-0.2, 0) is 4.74 Å². The normalized spacial score (nSPS) is 10.9. The fourth-order valence-electron chi connectivity index (χ4n) is 2.85. The third kappa shape index (κ3) is 3.66. The van der Waals surface area contributed by atoms with Crippen LogP contribution in [0.3, 0.4) is 0 Å². The van der Waals surface area contributed by atoms with Crippen molar-refractivity contribution in [3.63, 3.8) is 0 Å². The number of thioether (sulfide) groups is 1. The Balaban J connectivity index is 1.78. The summed E-state index contributed by atoms with van der Waals surface area (Å²) in [7, 11) is 0. The summed E-state index contributed by atoms with van der Waals surface area (Å²) in [4.78, 5) is 32.7. The van der Waals surface area contributed by atoms with Crippen LogP contribution in [0.2, 0.25) is 0 Å². The number of ether oxygens (including phenoxy) is 1. The molecule has 2 heterocycles. The van der Waals surface area contributed by atoms with Gasteiger partial charge in [-0.25, -0.2) is 14.8 Å². The second-order valence-corrected chi connectivity index (χ2v) is 6.86. The van der Waals surface area contributed by atoms with Crippen LogP contribution >= 0.6 is 11.8 Å². The number of anilines is 1. The number of hydrogen-bond donors (Lipinski definition) is 1. The van der Waals surface area contributed by atoms with E-state index in [-0.39, 0.29) is 29.6 Å². The highest BCUT2D eigenvalue weighted by molar-refractivity contribution is 7.99. The summed E-state index contributed by atoms with van der Waals surface area (Å²) in [5.41, 5.74) is 8.83. The number of aromatic nitrogens is 3. The SMILES string of the molecule is CCOC(=O)c1cnc(SCC(=O)n2c(C)c(C)c3ccccc32)nc1N. The number of rotatable bonds is 5. The average Bonchev–Trinajstić information content (AvgIpc) is 2.91. The fourth-order valence-corrected chi connectivity index (χ4v) is 3.53. The van der Waals surface area contributed by atoms with Crippen molar-refractivity contribution in [1.82, 2.24) is 14.5 Å². The van der Waals surface area contributed by atoms with Gasteiger partial charge in [0.15, 0.2) is 5.16 Å². The van der Waals surface area contributed by atoms with Crippen molar-refractivity contribution >= 4 is 40.4 Å². The Labute approximate surface area is 160 Å². The van der Waals surface area contributed by atoms with Gasteiger partial charge in [0.1, 0.15) is 11.4 Å². The lowest BCUT2D eigenvalue weighted by atomic mass is 10.2. The number of carbonyl (C=O) groups is 2. The van der Waals surface area contributed by atoms with E-state index >= 15 is 0 Å². The van der Waals surface area contributed by atoms with E-state index in [1.54, 1.807) is 11.5 Å². The zero-order chi connectivity index (χ0) is 19.6. The predicted molar refractivity (Wildman–Crippen MR) is 105 cm³/mol. The topological polar surface area (TPSA) is 100 Å². The van der Waals surface area contributed by atoms with Gasteiger partial charge >= 0.3 is 5.97 Å². The first-order chi connectivity index (χ1) is 12.9. The number of nitrogens with zero attached hydrogens (tertiary/aromatic N) is 3. The van der Waals surface area contributed by atoms with Gasteiger partial charge in [0.2, 0.25) is 5.91 Å². The molecule has 3 aromatic rings. The summed E-state index contributed by atoms with van der Waals surface area (Å²) < 4.78 is 6.61. The Bertz CT molecular complexity index is 1030. The molecule has 3 rings (SSSR count). The largest absolute Gasteiger partial charge is 0.462 e. The molecule has 2 N–H and O–H groups in total. The molecule has 140 valence electrons. The van der Waals surface area contributed by atoms with Crippen LogP contribution < -0.4 is 5.73 Å². The molecule has 0 fully saturated rings. The van der Waals surface area contributed by atoms with E-state index in [0.29, 0.717) is 5.16 Å². The smallest absolute Gasteiger partial charge is 0.343 e. The molecule has 0 amide bonds. The van der Waals surface area contributed by atoms with Crippen LogP contribution in [0.1, 0.15) is 33.3 Å². The lowest BCUT2D eigenvalue weighted by Crippen LogP contribution is -2.15. The molecule has 0 unspecified atom stereocenters. The third-order valence-corrected chi connectivity index (χ3v) is 5.14. The molecule has 0 saturated heterocycles. The van der Waals surface area contributed by atoms with Crippen LogP contribution in [0.4, 0.5) is 5.82 Å². The first-order valence-electron chi connectivity index (χ1n) is 8.46. The van der Waals surface area contributed by atoms with Gasteiger partial charge in [-0.1, -0.05) is 30.0 Å². The second kappa shape index (κ2) is 7.79. The van der Waals surface area contributed by atoms with Gasteiger partial charge in [-0.05, 0) is 32.4 Å². The van der Waals surface area contributed by atoms with Crippen molar-refractivity contribution in [3.8, 4) is 0 Å². The monoisotopic (exact) mass is 384 g/mol. The van der Waals surface area contributed by atoms with Gasteiger partial charge in [0.25, 0.3) is 0 Å². The van der Waals surface area contributed by atoms with Gasteiger partial charge in [-0.15, -0.1) is 0 Å². The number of para-hydroxylation sites is 1. The first-order valence-corrected chi connectivity index (χ1v) is 9.44. The molecule has 0 aliphatic rings. The second-order valence-electron chi connectivity index (χ2n) is 5.92. The van der Waals surface area contributed by atoms with Crippen molar-refractivity contribution in [1.29, 1.82) is 0 Å². The number of nitrogens with two attached hydrogens (primary N) is 1. The summed E-state index contributed by atoms with van der Waals surface area (Å²) in [6.07, 6.45) is 1.33. The molecule has 0 atom stereocenters. The summed E-state index contributed by atoms with van der Waals surface area (Å²) in [5, 5.41) is 1.40. The highest BCUT2D eigenvalue weighted by Gasteiger charge is 2.18. The van der Waals surface area contributed by atoms with Crippen molar-refractivity contribution < 1.29 is 14.3 Å². The molecule has 27 heavy (non-hydrogen) atoms. The summed E-state index contributed by atoms with van der Waals surface area (Å²) in [6, 6.07) is 7.81. The van der Waals surface area contributed by atoms with Crippen molar-refractivity contribution in [2.45, 2.75) is 25.9 Å². The Morgan fingerprint density at radius 1 is 1.26 bits per heavy atom. The van der Waals surface area contributed by atoms with Crippen LogP contribution in [0.5, 0.6) is 0 Å². The van der Waals surface area contributed by atoms with E-state index in [2.05, 4.69) is 9.97 Å². The lowest BCUT2D eigenvalue weighted by Gasteiger charge is -2.08. The third-order valence-electron chi connectivity index (χ3n) is 4.29. The minimum Gasteiger partial charge on any atom is -0.462 e. The molecule has 2 aromatic heterocycles. The molecule has 8 heteroatoms. The summed E-state index contributed by atoms with van der Waals surface area (Å²) in [6.45, 7) is 5.89. The van der Waals surface area contributed by atoms with Crippen molar-refractivity contribution in [2.24, 2.45) is 0 Å². The lowest BCUT2D eigenvalue weighted by molar-refractivity contribution is 0.0526. The maximum Gasteiger partial charge on any atom is 0.343 e. The Morgan fingerprint density at radius 2 is 2.00 bits per heavy atom. The van der Waals surface area contributed by atoms with E-state index in [1.807, 2.05) is 38.1 Å². The molecule has 0 aliphatic carbocycles. The summed E-state index contributed by atoms with van der Waals surface area (Å²) in [5.74, 6) is -0.445. The number of nitrogen functional groups attached to an aromatic ring is 1. The highest BCUT2D eigenvalue weighted by atomic mass is 32.2. The number of aryl methyl sites for hydroxylation is 1. The van der Waals surface area contributed by atoms with E-state index in [0.717, 1.165) is 22.2 Å². The molecular weight excluding hydrogens is 364 g/mol. The molecule has 0 spiro atoms. The average molecular weight is 384 g/mol. The van der Waals surface area contributed by atoms with Gasteiger partial charge in [0, 0.05) is 17.3 Å². The quantitative estimate of drug-likeness (QED) is 0.409. The molecule has 1 aromatic carbocycles. The zero-order valence-corrected chi connectivity index (χ0v) is 16.2. The standard InChI is InChI=1S/C19H20N4O3S/c1-4-26-18(25)14-9-21-19(22-17(14)20)27-10-16(24)23-12(3)11(2)13-7-5-6-8-15(13)23/h5-9H,4,10H2,1-3H3,(H2,20,21,22). The van der Waals surface area contributed by atoms with E-state index in [1.165, 1.54) is 18.0 Å². The van der Waals surface area contributed by atoms with E-state index < -0.39 is 5.97 Å². The number of carbonyl (C=O) groups excluding carboxylic acids is 2. The Morgan fingerprint density at radius 3 is 2.70 bits per heavy atom. The van der Waals surface area contributed by atoms with Crippen LogP contribution in [0, 0.1) is 13.8 Å². The molecule has 0 aliphatic heterocycles. The number of benzene rings is 1. The highest BCUT2D eigenvalue weighted by Crippen LogP contribution is 2.26. The zero-order valence-electron chi connectivity index (χ0n) is 15.4. The minimum atomic E-state index is -0.562. The maximum atomic E-state index is 12.8. The predicted octanol–water partition coefficient (Wildman–Crippen LogP) is 3.24. The molecule has 0 radical (unpaired) electrons. The number of esters is 1. The number of fused-ring (bicyclic) bond motifs is 1. The molecule has 7 nitrogen and oxygen atoms in total. The molecular formula is C19H20N4O3S. The van der Waals surface area contributed by atoms with Crippen LogP contribution in [0.25, 0.3) is 10.9 Å². The molecule has 0 saturated carbocycles. The Kier molecular flexibility index (Phi) is 5.46. The van der Waals surface area contributed by atoms with E-state index in [4.69, 9.17) is 10.5 Å². The van der Waals surface area contributed by atoms with Crippen molar-refractivity contribution in [2.75, 3.05) is 18.1 Å². The minimum absolute atomic E-state index is 0.0387. The summed E-state index contributed by atoms with van der Waals surface area (Å²) >= 11 is 1.17. The van der Waals surface area contributed by atoms with Crippen LogP contribution in [-0.4, -0.2) is 38.8 Å². The van der Waals surface area contributed by atoms with Crippen molar-refractivity contribution in [3.05, 3.63) is 47.3 Å². The maximum absolute atomic E-state index is 12.8. The van der Waals surface area contributed by atoms with E-state index in [9.17, 15) is 9.59 Å². The van der Waals surface area contributed by atoms with Gasteiger partial charge in [0.05, 0.1) is 17.9 Å². The van der Waals surface area contributed by atoms with Crippen LogP contribution in [0.15, 0.2) is 35.6 Å². The van der Waals surface area contributed by atoms with Gasteiger partial charge < -0.3 is 10.5 Å².